The predicted molar refractivity (Wildman–Crippen MR) is 84.7 cm³/mol. The molecule has 0 N–H and O–H groups in total. The van der Waals surface area contributed by atoms with E-state index in [2.05, 4.69) is 15.9 Å². The molecule has 2 saturated heterocycles. The Labute approximate surface area is 134 Å². The fourth-order valence-corrected chi connectivity index (χ4v) is 3.78. The van der Waals surface area contributed by atoms with Gasteiger partial charge >= 0.3 is 0 Å². The number of ketones is 1. The minimum Gasteiger partial charge on any atom is -0.381 e. The van der Waals surface area contributed by atoms with Gasteiger partial charge in [0.25, 0.3) is 0 Å². The standard InChI is InChI=1S/C17H21BrO3/c1-12-2-3-14(18)10-15(12)16(19)13-4-7-21-17(11-13)5-8-20-9-6-17/h2-3,10,13H,4-9,11H2,1H3. The smallest absolute Gasteiger partial charge is 0.166 e. The Morgan fingerprint density at radius 3 is 2.81 bits per heavy atom. The number of rotatable bonds is 2. The summed E-state index contributed by atoms with van der Waals surface area (Å²) in [7, 11) is 0. The molecule has 1 atom stereocenters. The molecule has 2 aliphatic rings. The van der Waals surface area contributed by atoms with Crippen molar-refractivity contribution in [3.05, 3.63) is 33.8 Å². The summed E-state index contributed by atoms with van der Waals surface area (Å²) in [6, 6.07) is 5.93. The van der Waals surface area contributed by atoms with Crippen molar-refractivity contribution in [1.29, 1.82) is 0 Å². The van der Waals surface area contributed by atoms with Gasteiger partial charge in [-0.25, -0.2) is 0 Å². The van der Waals surface area contributed by atoms with E-state index < -0.39 is 0 Å². The van der Waals surface area contributed by atoms with Gasteiger partial charge in [-0.2, -0.15) is 0 Å². The molecule has 3 nitrogen and oxygen atoms in total. The number of Topliss-reactive ketones (excluding diaryl/α,β-unsaturated/α-hetero) is 1. The van der Waals surface area contributed by atoms with Gasteiger partial charge in [-0.1, -0.05) is 22.0 Å². The quantitative estimate of drug-likeness (QED) is 0.756. The fourth-order valence-electron chi connectivity index (χ4n) is 3.42. The second kappa shape index (κ2) is 6.19. The normalized spacial score (nSPS) is 25.0. The highest BCUT2D eigenvalue weighted by Crippen LogP contribution is 2.38. The van der Waals surface area contributed by atoms with Crippen LogP contribution >= 0.6 is 15.9 Å². The van der Waals surface area contributed by atoms with Crippen molar-refractivity contribution >= 4 is 21.7 Å². The molecule has 0 saturated carbocycles. The molecule has 0 amide bonds. The largest absolute Gasteiger partial charge is 0.381 e. The maximum Gasteiger partial charge on any atom is 0.166 e. The van der Waals surface area contributed by atoms with Crippen molar-refractivity contribution in [2.75, 3.05) is 19.8 Å². The van der Waals surface area contributed by atoms with E-state index in [0.29, 0.717) is 6.61 Å². The molecule has 21 heavy (non-hydrogen) atoms. The lowest BCUT2D eigenvalue weighted by molar-refractivity contribution is -0.142. The minimum absolute atomic E-state index is 0.0739. The van der Waals surface area contributed by atoms with E-state index in [1.54, 1.807) is 0 Å². The summed E-state index contributed by atoms with van der Waals surface area (Å²) < 4.78 is 12.4. The van der Waals surface area contributed by atoms with Crippen molar-refractivity contribution < 1.29 is 14.3 Å². The summed E-state index contributed by atoms with van der Waals surface area (Å²) in [6.45, 7) is 4.18. The lowest BCUT2D eigenvalue weighted by Crippen LogP contribution is -2.46. The number of benzene rings is 1. The van der Waals surface area contributed by atoms with Crippen LogP contribution in [0.1, 0.15) is 41.6 Å². The second-order valence-electron chi connectivity index (χ2n) is 6.16. The highest BCUT2D eigenvalue weighted by molar-refractivity contribution is 9.10. The highest BCUT2D eigenvalue weighted by Gasteiger charge is 2.41. The van der Waals surface area contributed by atoms with E-state index in [1.807, 2.05) is 25.1 Å². The van der Waals surface area contributed by atoms with Gasteiger partial charge in [0.2, 0.25) is 0 Å². The van der Waals surface area contributed by atoms with Crippen LogP contribution in [0.3, 0.4) is 0 Å². The van der Waals surface area contributed by atoms with Crippen LogP contribution in [0.15, 0.2) is 22.7 Å². The van der Waals surface area contributed by atoms with Crippen LogP contribution < -0.4 is 0 Å². The Balaban J connectivity index is 1.79. The van der Waals surface area contributed by atoms with E-state index >= 15 is 0 Å². The third-order valence-corrected chi connectivity index (χ3v) is 5.23. The Kier molecular flexibility index (Phi) is 4.48. The highest BCUT2D eigenvalue weighted by atomic mass is 79.9. The number of aryl methyl sites for hydroxylation is 1. The third kappa shape index (κ3) is 3.22. The van der Waals surface area contributed by atoms with Crippen molar-refractivity contribution in [3.63, 3.8) is 0 Å². The molecule has 1 aromatic rings. The molecule has 1 unspecified atom stereocenters. The van der Waals surface area contributed by atoms with Gasteiger partial charge in [-0.05, 0) is 50.3 Å². The maximum atomic E-state index is 12.9. The Morgan fingerprint density at radius 2 is 2.05 bits per heavy atom. The summed E-state index contributed by atoms with van der Waals surface area (Å²) in [5.41, 5.74) is 1.77. The molecule has 2 aliphatic heterocycles. The van der Waals surface area contributed by atoms with Crippen molar-refractivity contribution in [1.82, 2.24) is 0 Å². The number of carbonyl (C=O) groups excluding carboxylic acids is 1. The van der Waals surface area contributed by atoms with E-state index in [0.717, 1.165) is 54.5 Å². The zero-order valence-corrected chi connectivity index (χ0v) is 13.9. The number of halogens is 1. The molecular weight excluding hydrogens is 332 g/mol. The molecule has 4 heteroatoms. The van der Waals surface area contributed by atoms with E-state index in [9.17, 15) is 4.79 Å². The van der Waals surface area contributed by atoms with Crippen LogP contribution in [0.2, 0.25) is 0 Å². The number of hydrogen-bond acceptors (Lipinski definition) is 3. The molecule has 0 aliphatic carbocycles. The van der Waals surface area contributed by atoms with Crippen LogP contribution in [-0.2, 0) is 9.47 Å². The molecule has 2 heterocycles. The summed E-state index contributed by atoms with van der Waals surface area (Å²) in [4.78, 5) is 12.9. The van der Waals surface area contributed by atoms with Crippen molar-refractivity contribution in [3.8, 4) is 0 Å². The molecule has 114 valence electrons. The summed E-state index contributed by atoms with van der Waals surface area (Å²) in [5, 5.41) is 0. The Bertz CT molecular complexity index is 529. The third-order valence-electron chi connectivity index (χ3n) is 4.73. The first kappa shape index (κ1) is 15.2. The first-order chi connectivity index (χ1) is 10.1. The van der Waals surface area contributed by atoms with Gasteiger partial charge in [-0.3, -0.25) is 4.79 Å². The van der Waals surface area contributed by atoms with Crippen LogP contribution in [0.25, 0.3) is 0 Å². The molecule has 1 spiro atoms. The molecule has 1 aromatic carbocycles. The molecule has 0 radical (unpaired) electrons. The summed E-state index contributed by atoms with van der Waals surface area (Å²) in [5.74, 6) is 0.341. The average Bonchev–Trinajstić information content (AvgIpc) is 2.50. The SMILES string of the molecule is Cc1ccc(Br)cc1C(=O)C1CCOC2(CCOCC2)C1. The lowest BCUT2D eigenvalue weighted by atomic mass is 9.77. The summed E-state index contributed by atoms with van der Waals surface area (Å²) >= 11 is 3.47. The first-order valence-corrected chi connectivity index (χ1v) is 8.41. The van der Waals surface area contributed by atoms with E-state index in [-0.39, 0.29) is 17.3 Å². The lowest BCUT2D eigenvalue weighted by Gasteiger charge is -2.43. The molecule has 3 rings (SSSR count). The average molecular weight is 353 g/mol. The van der Waals surface area contributed by atoms with Gasteiger partial charge in [0.15, 0.2) is 5.78 Å². The van der Waals surface area contributed by atoms with E-state index in [4.69, 9.17) is 9.47 Å². The van der Waals surface area contributed by atoms with Gasteiger partial charge in [0.1, 0.15) is 0 Å². The van der Waals surface area contributed by atoms with Gasteiger partial charge in [-0.15, -0.1) is 0 Å². The van der Waals surface area contributed by atoms with Gasteiger partial charge in [0, 0.05) is 35.8 Å². The van der Waals surface area contributed by atoms with Gasteiger partial charge < -0.3 is 9.47 Å². The minimum atomic E-state index is -0.128. The van der Waals surface area contributed by atoms with Crippen molar-refractivity contribution in [2.24, 2.45) is 5.92 Å². The molecule has 0 bridgehead atoms. The monoisotopic (exact) mass is 352 g/mol. The number of hydrogen-bond donors (Lipinski definition) is 0. The zero-order chi connectivity index (χ0) is 14.9. The molecular formula is C17H21BrO3. The van der Waals surface area contributed by atoms with Gasteiger partial charge in [0.05, 0.1) is 5.60 Å². The van der Waals surface area contributed by atoms with Crippen molar-refractivity contribution in [2.45, 2.75) is 38.2 Å². The summed E-state index contributed by atoms with van der Waals surface area (Å²) in [6.07, 6.45) is 3.48. The van der Waals surface area contributed by atoms with Crippen LogP contribution in [-0.4, -0.2) is 31.2 Å². The molecule has 0 aromatic heterocycles. The van der Waals surface area contributed by atoms with Crippen LogP contribution in [0.4, 0.5) is 0 Å². The van der Waals surface area contributed by atoms with Crippen LogP contribution in [0.5, 0.6) is 0 Å². The second-order valence-corrected chi connectivity index (χ2v) is 7.07. The topological polar surface area (TPSA) is 35.5 Å². The number of carbonyl (C=O) groups is 1. The van der Waals surface area contributed by atoms with Crippen LogP contribution in [0, 0.1) is 12.8 Å². The molecule has 2 fully saturated rings. The predicted octanol–water partition coefficient (Wildman–Crippen LogP) is 3.92. The van der Waals surface area contributed by atoms with E-state index in [1.165, 1.54) is 0 Å². The Morgan fingerprint density at radius 1 is 1.29 bits per heavy atom. The maximum absolute atomic E-state index is 12.9. The fraction of sp³-hybridized carbons (Fsp3) is 0.588. The zero-order valence-electron chi connectivity index (χ0n) is 12.4. The number of ether oxygens (including phenoxy) is 2. The Hall–Kier alpha value is -0.710. The first-order valence-electron chi connectivity index (χ1n) is 7.62.